The van der Waals surface area contributed by atoms with Gasteiger partial charge < -0.3 is 14.4 Å². The number of anilines is 2. The zero-order chi connectivity index (χ0) is 21.7. The van der Waals surface area contributed by atoms with E-state index in [0.717, 1.165) is 12.0 Å². The standard InChI is InChI=1S/C21H20N4O5/c1-4-14-9-11-15(12-10-14)30-20-18(25(27)28)19(22-13-23-20)24(2)17-8-6-5-7-16(17)21(26)29-3/h5-13H,4H2,1-3H3. The van der Waals surface area contributed by atoms with E-state index in [-0.39, 0.29) is 17.3 Å². The summed E-state index contributed by atoms with van der Waals surface area (Å²) < 4.78 is 10.5. The summed E-state index contributed by atoms with van der Waals surface area (Å²) in [5.74, 6) is -0.373. The van der Waals surface area contributed by atoms with Crippen LogP contribution in [0.2, 0.25) is 0 Å². The monoisotopic (exact) mass is 408 g/mol. The van der Waals surface area contributed by atoms with Crippen LogP contribution in [-0.4, -0.2) is 35.0 Å². The van der Waals surface area contributed by atoms with Gasteiger partial charge in [-0.05, 0) is 36.2 Å². The molecule has 0 amide bonds. The van der Waals surface area contributed by atoms with E-state index in [4.69, 9.17) is 9.47 Å². The number of aryl methyl sites for hydroxylation is 1. The molecule has 0 unspecified atom stereocenters. The summed E-state index contributed by atoms with van der Waals surface area (Å²) in [4.78, 5) is 32.8. The zero-order valence-electron chi connectivity index (χ0n) is 16.7. The smallest absolute Gasteiger partial charge is 0.373 e. The Bertz CT molecular complexity index is 1070. The Hall–Kier alpha value is -4.01. The first kappa shape index (κ1) is 20.7. The highest BCUT2D eigenvalue weighted by Crippen LogP contribution is 2.39. The Morgan fingerprint density at radius 2 is 1.83 bits per heavy atom. The van der Waals surface area contributed by atoms with Crippen LogP contribution in [0.4, 0.5) is 17.2 Å². The van der Waals surface area contributed by atoms with Crippen molar-refractivity contribution in [3.05, 3.63) is 76.1 Å². The number of ether oxygens (including phenoxy) is 2. The Morgan fingerprint density at radius 3 is 2.47 bits per heavy atom. The fraction of sp³-hybridized carbons (Fsp3) is 0.190. The molecule has 0 N–H and O–H groups in total. The summed E-state index contributed by atoms with van der Waals surface area (Å²) >= 11 is 0. The van der Waals surface area contributed by atoms with Crippen LogP contribution in [0, 0.1) is 10.1 Å². The summed E-state index contributed by atoms with van der Waals surface area (Å²) in [6, 6.07) is 13.8. The first-order valence-electron chi connectivity index (χ1n) is 9.13. The second-order valence-corrected chi connectivity index (χ2v) is 6.28. The number of benzene rings is 2. The minimum absolute atomic E-state index is 0.0217. The molecule has 0 radical (unpaired) electrons. The van der Waals surface area contributed by atoms with Gasteiger partial charge in [-0.3, -0.25) is 10.1 Å². The number of carbonyl (C=O) groups excluding carboxylic acids is 1. The first-order valence-corrected chi connectivity index (χ1v) is 9.13. The summed E-state index contributed by atoms with van der Waals surface area (Å²) in [6.45, 7) is 2.03. The van der Waals surface area contributed by atoms with Gasteiger partial charge in [0.1, 0.15) is 12.1 Å². The highest BCUT2D eigenvalue weighted by atomic mass is 16.6. The van der Waals surface area contributed by atoms with Gasteiger partial charge in [0, 0.05) is 7.05 Å². The van der Waals surface area contributed by atoms with Gasteiger partial charge in [0.15, 0.2) is 0 Å². The third kappa shape index (κ3) is 4.19. The summed E-state index contributed by atoms with van der Waals surface area (Å²) in [5.41, 5.74) is 1.33. The fourth-order valence-corrected chi connectivity index (χ4v) is 2.90. The maximum absolute atomic E-state index is 12.1. The number of nitro groups is 1. The topological polar surface area (TPSA) is 108 Å². The van der Waals surface area contributed by atoms with Crippen molar-refractivity contribution in [3.8, 4) is 11.6 Å². The molecule has 0 saturated carbocycles. The van der Waals surface area contributed by atoms with Gasteiger partial charge in [-0.2, -0.15) is 4.98 Å². The van der Waals surface area contributed by atoms with Crippen molar-refractivity contribution >= 4 is 23.2 Å². The van der Waals surface area contributed by atoms with Gasteiger partial charge in [0.05, 0.1) is 23.3 Å². The number of nitrogens with zero attached hydrogens (tertiary/aromatic N) is 4. The highest BCUT2D eigenvalue weighted by Gasteiger charge is 2.29. The SMILES string of the molecule is CCc1ccc(Oc2ncnc(N(C)c3ccccc3C(=O)OC)c2[N+](=O)[O-])cc1. The van der Waals surface area contributed by atoms with E-state index in [0.29, 0.717) is 11.4 Å². The van der Waals surface area contributed by atoms with Gasteiger partial charge >= 0.3 is 17.5 Å². The molecule has 0 bridgehead atoms. The van der Waals surface area contributed by atoms with E-state index in [2.05, 4.69) is 9.97 Å². The van der Waals surface area contributed by atoms with Crippen LogP contribution in [0.3, 0.4) is 0 Å². The van der Waals surface area contributed by atoms with Crippen molar-refractivity contribution in [2.45, 2.75) is 13.3 Å². The van der Waals surface area contributed by atoms with E-state index in [9.17, 15) is 14.9 Å². The van der Waals surface area contributed by atoms with Crippen molar-refractivity contribution in [3.63, 3.8) is 0 Å². The number of rotatable bonds is 7. The number of methoxy groups -OCH3 is 1. The minimum atomic E-state index is -0.609. The molecule has 1 heterocycles. The van der Waals surface area contributed by atoms with Crippen molar-refractivity contribution < 1.29 is 19.2 Å². The van der Waals surface area contributed by atoms with Crippen molar-refractivity contribution in [1.29, 1.82) is 0 Å². The third-order valence-electron chi connectivity index (χ3n) is 4.49. The Balaban J connectivity index is 2.05. The molecule has 0 spiro atoms. The van der Waals surface area contributed by atoms with Gasteiger partial charge in [-0.1, -0.05) is 31.2 Å². The number of aromatic nitrogens is 2. The lowest BCUT2D eigenvalue weighted by Gasteiger charge is -2.20. The molecule has 1 aromatic heterocycles. The first-order chi connectivity index (χ1) is 14.5. The molecular weight excluding hydrogens is 388 g/mol. The van der Waals surface area contributed by atoms with Gasteiger partial charge in [0.25, 0.3) is 0 Å². The lowest BCUT2D eigenvalue weighted by molar-refractivity contribution is -0.385. The third-order valence-corrected chi connectivity index (χ3v) is 4.49. The van der Waals surface area contributed by atoms with Crippen LogP contribution in [0.1, 0.15) is 22.8 Å². The van der Waals surface area contributed by atoms with Crippen molar-refractivity contribution in [1.82, 2.24) is 9.97 Å². The molecule has 30 heavy (non-hydrogen) atoms. The average Bonchev–Trinajstić information content (AvgIpc) is 2.78. The molecule has 0 fully saturated rings. The number of esters is 1. The van der Waals surface area contributed by atoms with Crippen LogP contribution in [0.15, 0.2) is 54.9 Å². The zero-order valence-corrected chi connectivity index (χ0v) is 16.7. The van der Waals surface area contributed by atoms with E-state index < -0.39 is 16.6 Å². The van der Waals surface area contributed by atoms with Crippen molar-refractivity contribution in [2.24, 2.45) is 0 Å². The maximum atomic E-state index is 12.1. The molecular formula is C21H20N4O5. The lowest BCUT2D eigenvalue weighted by atomic mass is 10.1. The average molecular weight is 408 g/mol. The summed E-state index contributed by atoms with van der Waals surface area (Å²) in [6.07, 6.45) is 2.04. The normalized spacial score (nSPS) is 10.4. The maximum Gasteiger partial charge on any atom is 0.373 e. The summed E-state index contributed by atoms with van der Waals surface area (Å²) in [7, 11) is 2.83. The van der Waals surface area contributed by atoms with E-state index in [1.165, 1.54) is 18.3 Å². The summed E-state index contributed by atoms with van der Waals surface area (Å²) in [5, 5.41) is 11.9. The largest absolute Gasteiger partial charge is 0.465 e. The highest BCUT2D eigenvalue weighted by molar-refractivity contribution is 5.97. The Labute approximate surface area is 173 Å². The van der Waals surface area contributed by atoms with Crippen LogP contribution in [0.25, 0.3) is 0 Å². The Kier molecular flexibility index (Phi) is 6.21. The van der Waals surface area contributed by atoms with Gasteiger partial charge in [-0.15, -0.1) is 0 Å². The molecule has 0 aliphatic heterocycles. The molecule has 154 valence electrons. The second-order valence-electron chi connectivity index (χ2n) is 6.28. The van der Waals surface area contributed by atoms with Crippen molar-refractivity contribution in [2.75, 3.05) is 19.1 Å². The van der Waals surface area contributed by atoms with Crippen LogP contribution in [-0.2, 0) is 11.2 Å². The predicted molar refractivity (Wildman–Crippen MR) is 110 cm³/mol. The minimum Gasteiger partial charge on any atom is -0.465 e. The molecule has 9 nitrogen and oxygen atoms in total. The number of para-hydroxylation sites is 1. The Morgan fingerprint density at radius 1 is 1.13 bits per heavy atom. The number of hydrogen-bond acceptors (Lipinski definition) is 8. The quantitative estimate of drug-likeness (QED) is 0.324. The van der Waals surface area contributed by atoms with E-state index in [1.807, 2.05) is 19.1 Å². The molecule has 3 rings (SSSR count). The predicted octanol–water partition coefficient (Wildman–Crippen LogP) is 4.29. The number of hydrogen-bond donors (Lipinski definition) is 0. The molecule has 9 heteroatoms. The molecule has 0 saturated heterocycles. The second kappa shape index (κ2) is 8.99. The van der Waals surface area contributed by atoms with Crippen LogP contribution < -0.4 is 9.64 Å². The molecule has 0 atom stereocenters. The molecule has 3 aromatic rings. The van der Waals surface area contributed by atoms with Gasteiger partial charge in [0.2, 0.25) is 5.82 Å². The van der Waals surface area contributed by atoms with Crippen LogP contribution in [0.5, 0.6) is 11.6 Å². The van der Waals surface area contributed by atoms with E-state index >= 15 is 0 Å². The fourth-order valence-electron chi connectivity index (χ4n) is 2.90. The lowest BCUT2D eigenvalue weighted by Crippen LogP contribution is -2.18. The molecule has 0 aliphatic carbocycles. The number of carbonyl (C=O) groups is 1. The molecule has 2 aromatic carbocycles. The molecule has 0 aliphatic rings. The van der Waals surface area contributed by atoms with E-state index in [1.54, 1.807) is 43.4 Å². The van der Waals surface area contributed by atoms with Crippen LogP contribution >= 0.6 is 0 Å². The van der Waals surface area contributed by atoms with Gasteiger partial charge in [-0.25, -0.2) is 9.78 Å².